The molecule has 0 aliphatic rings. The van der Waals surface area contributed by atoms with Crippen molar-refractivity contribution in [1.29, 1.82) is 0 Å². The highest BCUT2D eigenvalue weighted by molar-refractivity contribution is 7.15. The van der Waals surface area contributed by atoms with Crippen LogP contribution in [0.2, 0.25) is 0 Å². The third-order valence-corrected chi connectivity index (χ3v) is 4.19. The lowest BCUT2D eigenvalue weighted by molar-refractivity contribution is 0.102. The van der Waals surface area contributed by atoms with Crippen LogP contribution in [0.1, 0.15) is 33.6 Å². The molecule has 118 valence electrons. The van der Waals surface area contributed by atoms with Crippen LogP contribution in [-0.2, 0) is 0 Å². The molecule has 1 aromatic carbocycles. The number of anilines is 2. The molecule has 0 saturated heterocycles. The average molecular weight is 318 g/mol. The van der Waals surface area contributed by atoms with Crippen molar-refractivity contribution in [2.24, 2.45) is 5.73 Å². The Hall–Kier alpha value is -1.92. The smallest absolute Gasteiger partial charge is 0.257 e. The lowest BCUT2D eigenvalue weighted by Gasteiger charge is -2.12. The van der Waals surface area contributed by atoms with Crippen LogP contribution in [0.3, 0.4) is 0 Å². The number of thiazole rings is 1. The van der Waals surface area contributed by atoms with Gasteiger partial charge in [-0.1, -0.05) is 6.07 Å². The normalized spacial score (nSPS) is 10.5. The van der Waals surface area contributed by atoms with Crippen LogP contribution in [0, 0.1) is 13.8 Å². The van der Waals surface area contributed by atoms with Gasteiger partial charge in [0.2, 0.25) is 0 Å². The first-order chi connectivity index (χ1) is 10.6. The lowest BCUT2D eigenvalue weighted by atomic mass is 10.1. The summed E-state index contributed by atoms with van der Waals surface area (Å²) in [6, 6.07) is 5.71. The van der Waals surface area contributed by atoms with Gasteiger partial charge in [0.25, 0.3) is 5.91 Å². The van der Waals surface area contributed by atoms with Gasteiger partial charge in [0.1, 0.15) is 0 Å². The zero-order valence-corrected chi connectivity index (χ0v) is 13.8. The highest BCUT2D eigenvalue weighted by atomic mass is 32.1. The molecule has 6 heteroatoms. The number of carbonyl (C=O) groups excluding carboxylic acids is 1. The summed E-state index contributed by atoms with van der Waals surface area (Å²) in [4.78, 5) is 17.6. The van der Waals surface area contributed by atoms with Crippen LogP contribution in [0.4, 0.5) is 10.8 Å². The average Bonchev–Trinajstić information content (AvgIpc) is 2.90. The molecule has 1 heterocycles. The van der Waals surface area contributed by atoms with Crippen molar-refractivity contribution in [2.75, 3.05) is 23.7 Å². The molecule has 0 radical (unpaired) electrons. The molecular weight excluding hydrogens is 296 g/mol. The molecule has 0 unspecified atom stereocenters. The van der Waals surface area contributed by atoms with Crippen molar-refractivity contribution in [1.82, 2.24) is 4.98 Å². The molecular formula is C16H22N4OS. The number of nitrogens with one attached hydrogen (secondary N) is 2. The van der Waals surface area contributed by atoms with E-state index in [1.165, 1.54) is 11.3 Å². The van der Waals surface area contributed by atoms with Gasteiger partial charge in [0.05, 0.1) is 0 Å². The van der Waals surface area contributed by atoms with Crippen molar-refractivity contribution >= 4 is 28.1 Å². The predicted octanol–water partition coefficient (Wildman–Crippen LogP) is 3.16. The van der Waals surface area contributed by atoms with Gasteiger partial charge in [-0.15, -0.1) is 11.3 Å². The highest BCUT2D eigenvalue weighted by Crippen LogP contribution is 2.22. The minimum absolute atomic E-state index is 0.127. The maximum atomic E-state index is 12.4. The van der Waals surface area contributed by atoms with Crippen LogP contribution in [-0.4, -0.2) is 24.0 Å². The van der Waals surface area contributed by atoms with Crippen molar-refractivity contribution in [3.63, 3.8) is 0 Å². The molecule has 5 nitrogen and oxygen atoms in total. The number of nitrogens with two attached hydrogens (primary N) is 1. The molecule has 0 spiro atoms. The van der Waals surface area contributed by atoms with Crippen LogP contribution >= 0.6 is 11.3 Å². The number of aromatic nitrogens is 1. The number of amides is 1. The third-order valence-electron chi connectivity index (χ3n) is 3.37. The van der Waals surface area contributed by atoms with E-state index in [2.05, 4.69) is 15.6 Å². The molecule has 0 fully saturated rings. The maximum Gasteiger partial charge on any atom is 0.257 e. The van der Waals surface area contributed by atoms with E-state index >= 15 is 0 Å². The van der Waals surface area contributed by atoms with Crippen LogP contribution < -0.4 is 16.4 Å². The molecule has 22 heavy (non-hydrogen) atoms. The number of hydrogen-bond acceptors (Lipinski definition) is 5. The Morgan fingerprint density at radius 2 is 2.14 bits per heavy atom. The summed E-state index contributed by atoms with van der Waals surface area (Å²) in [5.41, 5.74) is 8.09. The zero-order valence-electron chi connectivity index (χ0n) is 13.0. The third kappa shape index (κ3) is 4.29. The van der Waals surface area contributed by atoms with Crippen molar-refractivity contribution < 1.29 is 4.79 Å². The Labute approximate surface area is 135 Å². The summed E-state index contributed by atoms with van der Waals surface area (Å²) >= 11 is 1.47. The summed E-state index contributed by atoms with van der Waals surface area (Å²) < 4.78 is 0. The standard InChI is InChI=1S/C16H22N4OS/c1-11-10-19-16(22-11)20-15(21)13-6-5-7-14(12(13)2)18-9-4-3-8-17/h5-7,10,18H,3-4,8-9,17H2,1-2H3,(H,19,20,21). The van der Waals surface area contributed by atoms with Crippen molar-refractivity contribution in [3.05, 3.63) is 40.4 Å². The molecule has 0 atom stereocenters. The SMILES string of the molecule is Cc1cnc(NC(=O)c2cccc(NCCCCN)c2C)s1. The van der Waals surface area contributed by atoms with E-state index in [0.29, 0.717) is 17.2 Å². The van der Waals surface area contributed by atoms with E-state index in [4.69, 9.17) is 5.73 Å². The summed E-state index contributed by atoms with van der Waals surface area (Å²) in [5, 5.41) is 6.84. The quantitative estimate of drug-likeness (QED) is 0.685. The van der Waals surface area contributed by atoms with E-state index in [0.717, 1.165) is 35.5 Å². The van der Waals surface area contributed by atoms with Crippen LogP contribution in [0.5, 0.6) is 0 Å². The minimum Gasteiger partial charge on any atom is -0.385 e. The van der Waals surface area contributed by atoms with E-state index in [-0.39, 0.29) is 5.91 Å². The number of aryl methyl sites for hydroxylation is 1. The molecule has 0 aliphatic carbocycles. The Bertz CT molecular complexity index is 639. The van der Waals surface area contributed by atoms with Crippen molar-refractivity contribution in [2.45, 2.75) is 26.7 Å². The van der Waals surface area contributed by atoms with Gasteiger partial charge in [0, 0.05) is 28.9 Å². The Morgan fingerprint density at radius 1 is 1.32 bits per heavy atom. The second-order valence-corrected chi connectivity index (χ2v) is 6.37. The molecule has 0 aliphatic heterocycles. The second-order valence-electron chi connectivity index (χ2n) is 5.13. The van der Waals surface area contributed by atoms with Gasteiger partial charge in [-0.2, -0.15) is 0 Å². The molecule has 1 amide bonds. The fraction of sp³-hybridized carbons (Fsp3) is 0.375. The van der Waals surface area contributed by atoms with Crippen LogP contribution in [0.15, 0.2) is 24.4 Å². The number of benzene rings is 1. The molecule has 0 saturated carbocycles. The molecule has 0 bridgehead atoms. The summed E-state index contributed by atoms with van der Waals surface area (Å²) in [7, 11) is 0. The van der Waals surface area contributed by atoms with Gasteiger partial charge in [-0.3, -0.25) is 10.1 Å². The van der Waals surface area contributed by atoms with E-state index < -0.39 is 0 Å². The second kappa shape index (κ2) is 7.91. The predicted molar refractivity (Wildman–Crippen MR) is 92.8 cm³/mol. The summed E-state index contributed by atoms with van der Waals surface area (Å²) in [6.45, 7) is 5.48. The lowest BCUT2D eigenvalue weighted by Crippen LogP contribution is -2.14. The van der Waals surface area contributed by atoms with Gasteiger partial charge in [-0.05, 0) is 50.9 Å². The van der Waals surface area contributed by atoms with Crippen LogP contribution in [0.25, 0.3) is 0 Å². The Morgan fingerprint density at radius 3 is 2.82 bits per heavy atom. The molecule has 4 N–H and O–H groups in total. The number of rotatable bonds is 7. The first kappa shape index (κ1) is 16.5. The minimum atomic E-state index is -0.127. The number of nitrogens with zero attached hydrogens (tertiary/aromatic N) is 1. The topological polar surface area (TPSA) is 80.0 Å². The number of carbonyl (C=O) groups is 1. The van der Waals surface area contributed by atoms with Gasteiger partial charge < -0.3 is 11.1 Å². The van der Waals surface area contributed by atoms with Gasteiger partial charge in [0.15, 0.2) is 5.13 Å². The molecule has 1 aromatic heterocycles. The van der Waals surface area contributed by atoms with E-state index in [1.54, 1.807) is 6.20 Å². The van der Waals surface area contributed by atoms with E-state index in [9.17, 15) is 4.79 Å². The Kier molecular flexibility index (Phi) is 5.91. The summed E-state index contributed by atoms with van der Waals surface area (Å²) in [5.74, 6) is -0.127. The fourth-order valence-corrected chi connectivity index (χ4v) is 2.80. The highest BCUT2D eigenvalue weighted by Gasteiger charge is 2.13. The molecule has 2 aromatic rings. The van der Waals surface area contributed by atoms with Gasteiger partial charge >= 0.3 is 0 Å². The Balaban J connectivity index is 2.05. The first-order valence-electron chi connectivity index (χ1n) is 7.39. The largest absolute Gasteiger partial charge is 0.385 e. The fourth-order valence-electron chi connectivity index (χ4n) is 2.14. The zero-order chi connectivity index (χ0) is 15.9. The maximum absolute atomic E-state index is 12.4. The first-order valence-corrected chi connectivity index (χ1v) is 8.21. The number of hydrogen-bond donors (Lipinski definition) is 3. The van der Waals surface area contributed by atoms with E-state index in [1.807, 2.05) is 32.0 Å². The van der Waals surface area contributed by atoms with Gasteiger partial charge in [-0.25, -0.2) is 4.98 Å². The number of unbranched alkanes of at least 4 members (excludes halogenated alkanes) is 1. The summed E-state index contributed by atoms with van der Waals surface area (Å²) in [6.07, 6.45) is 3.77. The monoisotopic (exact) mass is 318 g/mol. The van der Waals surface area contributed by atoms with Crippen molar-refractivity contribution in [3.8, 4) is 0 Å². The molecule has 2 rings (SSSR count).